The van der Waals surface area contributed by atoms with E-state index in [1.165, 1.54) is 27.5 Å². The second-order valence-corrected chi connectivity index (χ2v) is 8.57. The van der Waals surface area contributed by atoms with Gasteiger partial charge in [-0.15, -0.1) is 0 Å². The summed E-state index contributed by atoms with van der Waals surface area (Å²) in [6.45, 7) is 0.598. The maximum absolute atomic E-state index is 13.7. The van der Waals surface area contributed by atoms with Crippen molar-refractivity contribution in [3.8, 4) is 28.4 Å². The normalized spacial score (nSPS) is 13.8. The van der Waals surface area contributed by atoms with Crippen LogP contribution in [0.25, 0.3) is 11.1 Å². The smallest absolute Gasteiger partial charge is 0.435 e. The van der Waals surface area contributed by atoms with E-state index in [-0.39, 0.29) is 48.0 Å². The molecule has 186 valence electrons. The molecule has 11 heteroatoms. The third-order valence-electron chi connectivity index (χ3n) is 5.60. The van der Waals surface area contributed by atoms with Crippen molar-refractivity contribution in [1.29, 1.82) is 0 Å². The van der Waals surface area contributed by atoms with Gasteiger partial charge in [-0.2, -0.15) is 18.3 Å². The highest BCUT2D eigenvalue weighted by molar-refractivity contribution is 9.08. The van der Waals surface area contributed by atoms with Crippen LogP contribution in [0.1, 0.15) is 27.2 Å². The number of hydrogen-bond acceptors (Lipinski definition) is 5. The molecule has 2 heterocycles. The number of carbonyl (C=O) groups is 1. The number of aromatic nitrogens is 2. The SMILES string of the molecule is COc1cc(CN2CCOc3c(cc(CBr)cc3-c3cn(C)nc3C(F)(F)F)C2=O)cc(OC)c1. The number of benzene rings is 2. The minimum atomic E-state index is -4.67. The molecule has 4 rings (SSSR count). The number of methoxy groups -OCH3 is 2. The first-order valence-corrected chi connectivity index (χ1v) is 11.7. The van der Waals surface area contributed by atoms with Crippen LogP contribution in [0.5, 0.6) is 17.2 Å². The average Bonchev–Trinajstić information content (AvgIpc) is 3.17. The molecule has 1 amide bonds. The number of alkyl halides is 4. The van der Waals surface area contributed by atoms with E-state index in [0.29, 0.717) is 22.4 Å². The number of hydrogen-bond donors (Lipinski definition) is 0. The quantitative estimate of drug-likeness (QED) is 0.399. The van der Waals surface area contributed by atoms with Gasteiger partial charge in [0.1, 0.15) is 23.9 Å². The summed E-state index contributed by atoms with van der Waals surface area (Å²) in [5.74, 6) is 0.932. The number of amides is 1. The van der Waals surface area contributed by atoms with Gasteiger partial charge in [-0.3, -0.25) is 9.48 Å². The van der Waals surface area contributed by atoms with Crippen LogP contribution in [0.4, 0.5) is 13.2 Å². The molecule has 0 atom stereocenters. The van der Waals surface area contributed by atoms with Crippen LogP contribution in [0.2, 0.25) is 0 Å². The third kappa shape index (κ3) is 5.09. The van der Waals surface area contributed by atoms with Gasteiger partial charge in [0.05, 0.1) is 26.3 Å². The number of nitrogens with zero attached hydrogens (tertiary/aromatic N) is 3. The summed E-state index contributed by atoms with van der Waals surface area (Å²) >= 11 is 3.36. The fourth-order valence-corrected chi connectivity index (χ4v) is 4.36. The molecule has 3 aromatic rings. The highest BCUT2D eigenvalue weighted by Gasteiger charge is 2.39. The third-order valence-corrected chi connectivity index (χ3v) is 6.25. The topological polar surface area (TPSA) is 65.8 Å². The molecule has 0 aliphatic carbocycles. The van der Waals surface area contributed by atoms with Crippen molar-refractivity contribution >= 4 is 21.8 Å². The highest BCUT2D eigenvalue weighted by Crippen LogP contribution is 2.43. The second kappa shape index (κ2) is 9.80. The number of carbonyl (C=O) groups excluding carboxylic acids is 1. The number of rotatable bonds is 6. The molecule has 35 heavy (non-hydrogen) atoms. The molecule has 0 saturated carbocycles. The summed E-state index contributed by atoms with van der Waals surface area (Å²) in [5, 5.41) is 3.96. The lowest BCUT2D eigenvalue weighted by molar-refractivity contribution is -0.140. The van der Waals surface area contributed by atoms with E-state index in [9.17, 15) is 18.0 Å². The number of aryl methyl sites for hydroxylation is 1. The van der Waals surface area contributed by atoms with Crippen LogP contribution in [0.3, 0.4) is 0 Å². The number of fused-ring (bicyclic) bond motifs is 1. The van der Waals surface area contributed by atoms with E-state index in [1.54, 1.807) is 35.2 Å². The zero-order chi connectivity index (χ0) is 25.3. The van der Waals surface area contributed by atoms with Gasteiger partial charge in [-0.05, 0) is 35.4 Å². The summed E-state index contributed by atoms with van der Waals surface area (Å²) in [5.41, 5.74) is 0.614. The Morgan fingerprint density at radius 3 is 2.29 bits per heavy atom. The molecule has 0 unspecified atom stereocenters. The first kappa shape index (κ1) is 24.9. The maximum Gasteiger partial charge on any atom is 0.435 e. The van der Waals surface area contributed by atoms with Crippen LogP contribution >= 0.6 is 15.9 Å². The van der Waals surface area contributed by atoms with E-state index >= 15 is 0 Å². The number of halogens is 4. The Kier molecular flexibility index (Phi) is 6.98. The molecule has 1 aliphatic rings. The fourth-order valence-electron chi connectivity index (χ4n) is 4.03. The van der Waals surface area contributed by atoms with Gasteiger partial charge >= 0.3 is 6.18 Å². The Balaban J connectivity index is 1.79. The van der Waals surface area contributed by atoms with Crippen molar-refractivity contribution in [2.45, 2.75) is 18.1 Å². The molecule has 0 saturated heterocycles. The van der Waals surface area contributed by atoms with Crippen LogP contribution in [-0.2, 0) is 25.1 Å². The molecule has 1 aliphatic heterocycles. The van der Waals surface area contributed by atoms with E-state index < -0.39 is 11.9 Å². The van der Waals surface area contributed by atoms with Crippen molar-refractivity contribution in [3.05, 3.63) is 58.9 Å². The average molecular weight is 554 g/mol. The lowest BCUT2D eigenvalue weighted by Gasteiger charge is -2.21. The molecule has 1 aromatic heterocycles. The predicted molar refractivity (Wildman–Crippen MR) is 126 cm³/mol. The van der Waals surface area contributed by atoms with Crippen molar-refractivity contribution in [2.24, 2.45) is 7.05 Å². The molecule has 0 N–H and O–H groups in total. The second-order valence-electron chi connectivity index (χ2n) is 8.01. The molecule has 0 radical (unpaired) electrons. The molecule has 0 spiro atoms. The Bertz CT molecular complexity index is 1240. The van der Waals surface area contributed by atoms with Gasteiger partial charge in [0.2, 0.25) is 0 Å². The number of ether oxygens (including phenoxy) is 3. The summed E-state index contributed by atoms with van der Waals surface area (Å²) in [4.78, 5) is 15.2. The Morgan fingerprint density at radius 2 is 1.69 bits per heavy atom. The molecule has 0 bridgehead atoms. The first-order chi connectivity index (χ1) is 16.6. The largest absolute Gasteiger partial charge is 0.497 e. The molecule has 7 nitrogen and oxygen atoms in total. The van der Waals surface area contributed by atoms with Gasteiger partial charge < -0.3 is 19.1 Å². The predicted octanol–water partition coefficient (Wildman–Crippen LogP) is 5.05. The minimum absolute atomic E-state index is 0.113. The van der Waals surface area contributed by atoms with Gasteiger partial charge in [-0.25, -0.2) is 0 Å². The fraction of sp³-hybridized carbons (Fsp3) is 0.333. The zero-order valence-corrected chi connectivity index (χ0v) is 20.9. The van der Waals surface area contributed by atoms with Crippen molar-refractivity contribution in [2.75, 3.05) is 27.4 Å². The van der Waals surface area contributed by atoms with Crippen molar-refractivity contribution < 1.29 is 32.2 Å². The van der Waals surface area contributed by atoms with Crippen LogP contribution in [-0.4, -0.2) is 48.0 Å². The maximum atomic E-state index is 13.7. The van der Waals surface area contributed by atoms with Crippen molar-refractivity contribution in [3.63, 3.8) is 0 Å². The van der Waals surface area contributed by atoms with Crippen LogP contribution in [0.15, 0.2) is 36.5 Å². The lowest BCUT2D eigenvalue weighted by atomic mass is 9.98. The molecule has 0 fully saturated rings. The molecular formula is C24H23BrF3N3O4. The van der Waals surface area contributed by atoms with E-state index in [4.69, 9.17) is 14.2 Å². The summed E-state index contributed by atoms with van der Waals surface area (Å²) in [6.07, 6.45) is -3.38. The summed E-state index contributed by atoms with van der Waals surface area (Å²) < 4.78 is 58.8. The standard InChI is InChI=1S/C24H23BrF3N3O4/c1-30-13-20(22(29-30)24(26,27)28)18-8-14(11-25)9-19-21(18)35-5-4-31(23(19)32)12-15-6-16(33-2)10-17(7-15)34-3/h6-10,13H,4-5,11-12H2,1-3H3. The van der Waals surface area contributed by atoms with E-state index in [1.807, 2.05) is 0 Å². The van der Waals surface area contributed by atoms with Gasteiger partial charge in [-0.1, -0.05) is 15.9 Å². The van der Waals surface area contributed by atoms with Gasteiger partial charge in [0, 0.05) is 42.3 Å². The van der Waals surface area contributed by atoms with E-state index in [0.717, 1.165) is 10.2 Å². The van der Waals surface area contributed by atoms with Gasteiger partial charge in [0.15, 0.2) is 5.69 Å². The Hall–Kier alpha value is -3.21. The first-order valence-electron chi connectivity index (χ1n) is 10.6. The van der Waals surface area contributed by atoms with Crippen molar-refractivity contribution in [1.82, 2.24) is 14.7 Å². The Labute approximate surface area is 208 Å². The van der Waals surface area contributed by atoms with Crippen LogP contribution < -0.4 is 14.2 Å². The summed E-state index contributed by atoms with van der Waals surface area (Å²) in [7, 11) is 4.50. The molecular weight excluding hydrogens is 531 g/mol. The monoisotopic (exact) mass is 553 g/mol. The minimum Gasteiger partial charge on any atom is -0.497 e. The van der Waals surface area contributed by atoms with E-state index in [2.05, 4.69) is 21.0 Å². The zero-order valence-electron chi connectivity index (χ0n) is 19.3. The highest BCUT2D eigenvalue weighted by atomic mass is 79.9. The lowest BCUT2D eigenvalue weighted by Crippen LogP contribution is -2.31. The van der Waals surface area contributed by atoms with Gasteiger partial charge in [0.25, 0.3) is 5.91 Å². The van der Waals surface area contributed by atoms with Crippen LogP contribution in [0, 0.1) is 0 Å². The molecule has 2 aromatic carbocycles. The summed E-state index contributed by atoms with van der Waals surface area (Å²) in [6, 6.07) is 8.56. The Morgan fingerprint density at radius 1 is 1.03 bits per heavy atom.